The number of amides is 2. The second-order valence-corrected chi connectivity index (χ2v) is 14.2. The molecule has 14 nitrogen and oxygen atoms in total. The number of fused-ring (bicyclic) bond motifs is 2. The van der Waals surface area contributed by atoms with Crippen LogP contribution in [0.1, 0.15) is 19.5 Å². The lowest BCUT2D eigenvalue weighted by atomic mass is 10.0. The summed E-state index contributed by atoms with van der Waals surface area (Å²) in [6, 6.07) is 0.770. The number of aromatic nitrogens is 3. The number of hydrogen-bond acceptors (Lipinski definition) is 13. The number of carbonyl (C=O) groups excluding carboxylic acids is 2. The standard InChI is InChI=1S/C25H24FN7O7S4/c1-25(2,22(38)39)40-31-15(13-10-42-23(27)28-13)18(34)30-16-19(35)33-17(21(36)37)11(8-41-20(16)33)9-43-24-29-12-7-32(6-4-26)5-3-14(12)44-24/h3,5,7,10,16,20H,4,6,8-9H2,1-2H3,(H4-,27,28,30,34,36,37,38,39)/p+1/b31-15-/t16?,20-/m0/s1. The van der Waals surface area contributed by atoms with E-state index in [1.807, 2.05) is 6.07 Å². The molecule has 44 heavy (non-hydrogen) atoms. The van der Waals surface area contributed by atoms with Gasteiger partial charge in [-0.1, -0.05) is 16.9 Å². The quantitative estimate of drug-likeness (QED) is 0.0710. The van der Waals surface area contributed by atoms with Gasteiger partial charge in [-0.3, -0.25) is 14.5 Å². The second-order valence-electron chi connectivity index (χ2n) is 9.93. The molecule has 1 fully saturated rings. The van der Waals surface area contributed by atoms with Gasteiger partial charge in [0.2, 0.25) is 5.60 Å². The molecule has 2 aliphatic heterocycles. The molecule has 3 aromatic heterocycles. The summed E-state index contributed by atoms with van der Waals surface area (Å²) in [4.78, 5) is 65.0. The van der Waals surface area contributed by atoms with E-state index in [4.69, 9.17) is 10.6 Å². The normalized spacial score (nSPS) is 18.7. The number of aliphatic carboxylic acids is 2. The fourth-order valence-corrected chi connectivity index (χ4v) is 8.22. The third-order valence-electron chi connectivity index (χ3n) is 6.48. The predicted octanol–water partition coefficient (Wildman–Crippen LogP) is 1.71. The molecule has 1 saturated heterocycles. The number of pyridine rings is 1. The van der Waals surface area contributed by atoms with Crippen LogP contribution in [0, 0.1) is 0 Å². The Bertz CT molecular complexity index is 1720. The Morgan fingerprint density at radius 3 is 2.77 bits per heavy atom. The van der Waals surface area contributed by atoms with Crippen LogP contribution in [0.5, 0.6) is 0 Å². The predicted molar refractivity (Wildman–Crippen MR) is 162 cm³/mol. The Balaban J connectivity index is 1.31. The highest BCUT2D eigenvalue weighted by molar-refractivity contribution is 8.02. The third kappa shape index (κ3) is 6.35. The Morgan fingerprint density at radius 1 is 1.34 bits per heavy atom. The van der Waals surface area contributed by atoms with Crippen molar-refractivity contribution >= 4 is 91.0 Å². The summed E-state index contributed by atoms with van der Waals surface area (Å²) in [6.45, 7) is 2.21. The number of carboxylic acid groups (broad SMARTS) is 2. The van der Waals surface area contributed by atoms with Crippen molar-refractivity contribution in [2.45, 2.75) is 41.7 Å². The van der Waals surface area contributed by atoms with Crippen molar-refractivity contribution in [3.05, 3.63) is 40.8 Å². The molecule has 0 saturated carbocycles. The Hall–Kier alpha value is -3.81. The van der Waals surface area contributed by atoms with Crippen LogP contribution in [0.4, 0.5) is 9.52 Å². The van der Waals surface area contributed by atoms with Crippen LogP contribution in [0.3, 0.4) is 0 Å². The molecule has 2 aliphatic rings. The van der Waals surface area contributed by atoms with Gasteiger partial charge in [0.05, 0.1) is 4.70 Å². The number of thioether (sulfide) groups is 2. The minimum Gasteiger partial charge on any atom is -0.478 e. The molecule has 2 atom stereocenters. The van der Waals surface area contributed by atoms with Crippen LogP contribution in [0.25, 0.3) is 10.2 Å². The minimum atomic E-state index is -1.77. The molecule has 0 spiro atoms. The summed E-state index contributed by atoms with van der Waals surface area (Å²) < 4.78 is 16.0. The van der Waals surface area contributed by atoms with Gasteiger partial charge in [-0.25, -0.2) is 28.5 Å². The number of alkyl halides is 1. The van der Waals surface area contributed by atoms with E-state index < -0.39 is 53.2 Å². The van der Waals surface area contributed by atoms with Gasteiger partial charge >= 0.3 is 11.9 Å². The van der Waals surface area contributed by atoms with Gasteiger partial charge in [-0.05, 0) is 19.4 Å². The SMILES string of the molecule is CC(C)(O/N=C(\C(=O)NC1C(=O)N2C(C(=O)O)=C(CSc3nc4c[n+](CCF)ccc4s3)CS[C@@H]12)c1csc(N)n1)C(=O)O. The van der Waals surface area contributed by atoms with E-state index in [-0.39, 0.29) is 34.6 Å². The van der Waals surface area contributed by atoms with Crippen LogP contribution in [-0.4, -0.2) is 89.7 Å². The first-order valence-corrected chi connectivity index (χ1v) is 16.5. The topological polar surface area (TPSA) is 201 Å². The monoisotopic (exact) mass is 682 g/mol. The smallest absolute Gasteiger partial charge is 0.352 e. The summed E-state index contributed by atoms with van der Waals surface area (Å²) in [7, 11) is 0. The van der Waals surface area contributed by atoms with E-state index in [0.717, 1.165) is 20.9 Å². The third-order valence-corrected chi connectivity index (χ3v) is 10.8. The molecule has 5 rings (SSSR count). The van der Waals surface area contributed by atoms with E-state index >= 15 is 0 Å². The van der Waals surface area contributed by atoms with Crippen LogP contribution < -0.4 is 15.6 Å². The van der Waals surface area contributed by atoms with Crippen molar-refractivity contribution in [2.75, 3.05) is 23.9 Å². The minimum absolute atomic E-state index is 0.0172. The summed E-state index contributed by atoms with van der Waals surface area (Å²) >= 11 is 5.08. The number of thiazole rings is 2. The number of rotatable bonds is 12. The number of aryl methyl sites for hydroxylation is 1. The summed E-state index contributed by atoms with van der Waals surface area (Å²) in [5, 5.41) is 26.5. The number of anilines is 1. The maximum atomic E-state index is 13.3. The largest absolute Gasteiger partial charge is 0.478 e. The Kier molecular flexibility index (Phi) is 9.10. The zero-order chi connectivity index (χ0) is 31.8. The van der Waals surface area contributed by atoms with Crippen molar-refractivity contribution in [3.63, 3.8) is 0 Å². The first-order chi connectivity index (χ1) is 20.9. The number of nitrogens with zero attached hydrogens (tertiary/aromatic N) is 5. The number of nitrogen functional groups attached to an aromatic ring is 1. The lowest BCUT2D eigenvalue weighted by Crippen LogP contribution is -2.71. The lowest BCUT2D eigenvalue weighted by Gasteiger charge is -2.49. The molecule has 0 bridgehead atoms. The molecular formula is C25H25FN7O7S4+. The lowest BCUT2D eigenvalue weighted by molar-refractivity contribution is -0.695. The van der Waals surface area contributed by atoms with Gasteiger partial charge in [0.1, 0.15) is 35.0 Å². The number of halogens is 1. The Morgan fingerprint density at radius 2 is 2.11 bits per heavy atom. The zero-order valence-electron chi connectivity index (χ0n) is 23.1. The highest BCUT2D eigenvalue weighted by Gasteiger charge is 2.54. The number of carboxylic acids is 2. The van der Waals surface area contributed by atoms with E-state index in [1.165, 1.54) is 54.1 Å². The highest BCUT2D eigenvalue weighted by Crippen LogP contribution is 2.42. The molecule has 19 heteroatoms. The van der Waals surface area contributed by atoms with Gasteiger partial charge in [0.15, 0.2) is 34.1 Å². The summed E-state index contributed by atoms with van der Waals surface area (Å²) in [5.41, 5.74) is 4.63. The molecule has 0 aromatic carbocycles. The van der Waals surface area contributed by atoms with E-state index in [2.05, 4.69) is 20.4 Å². The molecule has 5 N–H and O–H groups in total. The summed E-state index contributed by atoms with van der Waals surface area (Å²) in [6.07, 6.45) is 3.53. The molecule has 0 aliphatic carbocycles. The molecule has 232 valence electrons. The first kappa shape index (κ1) is 31.6. The van der Waals surface area contributed by atoms with Gasteiger partial charge in [0, 0.05) is 23.0 Å². The number of nitrogens with two attached hydrogens (primary N) is 1. The van der Waals surface area contributed by atoms with E-state index in [9.17, 15) is 33.8 Å². The first-order valence-electron chi connectivity index (χ1n) is 12.8. The van der Waals surface area contributed by atoms with Crippen LogP contribution in [-0.2, 0) is 30.6 Å². The number of hydrogen-bond donors (Lipinski definition) is 4. The Labute approximate surface area is 265 Å². The maximum Gasteiger partial charge on any atom is 0.352 e. The van der Waals surface area contributed by atoms with Crippen molar-refractivity contribution in [3.8, 4) is 0 Å². The maximum absolute atomic E-state index is 13.3. The van der Waals surface area contributed by atoms with Crippen LogP contribution >= 0.6 is 46.2 Å². The van der Waals surface area contributed by atoms with Gasteiger partial charge < -0.3 is 26.1 Å². The average Bonchev–Trinajstić information content (AvgIpc) is 3.59. The van der Waals surface area contributed by atoms with Crippen molar-refractivity contribution < 1.29 is 43.2 Å². The van der Waals surface area contributed by atoms with Crippen LogP contribution in [0.2, 0.25) is 0 Å². The summed E-state index contributed by atoms with van der Waals surface area (Å²) in [5.74, 6) is -3.54. The molecule has 2 amide bonds. The fourth-order valence-electron chi connectivity index (χ4n) is 4.15. The fraction of sp³-hybridized carbons (Fsp3) is 0.360. The van der Waals surface area contributed by atoms with Crippen molar-refractivity contribution in [1.29, 1.82) is 0 Å². The van der Waals surface area contributed by atoms with Crippen molar-refractivity contribution in [2.24, 2.45) is 5.16 Å². The molecular weight excluding hydrogens is 658 g/mol. The van der Waals surface area contributed by atoms with Crippen molar-refractivity contribution in [1.82, 2.24) is 20.2 Å². The van der Waals surface area contributed by atoms with Crippen LogP contribution in [0.15, 0.2) is 44.6 Å². The number of nitrogens with one attached hydrogen (secondary N) is 1. The second kappa shape index (κ2) is 12.7. The molecule has 0 radical (unpaired) electrons. The highest BCUT2D eigenvalue weighted by atomic mass is 32.2. The number of β-lactam (4-membered cyclic amide) rings is 1. The van der Waals surface area contributed by atoms with Gasteiger partial charge in [-0.2, -0.15) is 0 Å². The number of oxime groups is 1. The number of carbonyl (C=O) groups is 4. The molecule has 5 heterocycles. The molecule has 3 aromatic rings. The average molecular weight is 683 g/mol. The zero-order valence-corrected chi connectivity index (χ0v) is 26.3. The van der Waals surface area contributed by atoms with E-state index in [0.29, 0.717) is 15.4 Å². The molecule has 1 unspecified atom stereocenters. The van der Waals surface area contributed by atoms with Gasteiger partial charge in [0.25, 0.3) is 11.8 Å². The van der Waals surface area contributed by atoms with Gasteiger partial charge in [-0.15, -0.1) is 34.4 Å². The van der Waals surface area contributed by atoms with E-state index in [1.54, 1.807) is 17.0 Å².